The summed E-state index contributed by atoms with van der Waals surface area (Å²) < 4.78 is 7.37. The lowest BCUT2D eigenvalue weighted by Gasteiger charge is -2.25. The van der Waals surface area contributed by atoms with Crippen molar-refractivity contribution in [1.82, 2.24) is 14.5 Å². The number of hydrogen-bond donors (Lipinski definition) is 1. The van der Waals surface area contributed by atoms with Gasteiger partial charge in [0.2, 0.25) is 5.43 Å². The number of rotatable bonds is 6. The van der Waals surface area contributed by atoms with Gasteiger partial charge in [0.15, 0.2) is 5.75 Å². The van der Waals surface area contributed by atoms with Crippen LogP contribution in [0.25, 0.3) is 0 Å². The van der Waals surface area contributed by atoms with Gasteiger partial charge >= 0.3 is 6.09 Å². The van der Waals surface area contributed by atoms with Gasteiger partial charge in [0.1, 0.15) is 6.10 Å². The summed E-state index contributed by atoms with van der Waals surface area (Å²) >= 11 is 0. The van der Waals surface area contributed by atoms with Crippen LogP contribution in [0.3, 0.4) is 0 Å². The van der Waals surface area contributed by atoms with Crippen LogP contribution >= 0.6 is 0 Å². The van der Waals surface area contributed by atoms with Gasteiger partial charge in [0.05, 0.1) is 5.69 Å². The van der Waals surface area contributed by atoms with E-state index in [0.717, 1.165) is 18.4 Å². The van der Waals surface area contributed by atoms with Crippen LogP contribution in [0, 0.1) is 6.92 Å². The van der Waals surface area contributed by atoms with E-state index in [2.05, 4.69) is 4.98 Å². The number of aromatic nitrogens is 2. The molecule has 0 radical (unpaired) electrons. The standard InChI is InChI=1S/C19H23N3O4/c1-13-18(24)17(23)7-9-21(13)10-11-22(16-5-6-16)19(25)26-14(2)15-4-3-8-20-12-15/h3-4,7-9,12,14,16,24H,5-6,10-11H2,1-2H3/t14-/m0/s1. The lowest BCUT2D eigenvalue weighted by molar-refractivity contribution is 0.0661. The normalized spacial score (nSPS) is 14.7. The Kier molecular flexibility index (Phi) is 5.25. The highest BCUT2D eigenvalue weighted by atomic mass is 16.6. The van der Waals surface area contributed by atoms with Gasteiger partial charge in [-0.05, 0) is 32.8 Å². The molecule has 2 aromatic heterocycles. The van der Waals surface area contributed by atoms with E-state index in [0.29, 0.717) is 18.8 Å². The predicted octanol–water partition coefficient (Wildman–Crippen LogP) is 2.62. The highest BCUT2D eigenvalue weighted by molar-refractivity contribution is 5.68. The molecule has 0 spiro atoms. The van der Waals surface area contributed by atoms with E-state index in [4.69, 9.17) is 4.74 Å². The summed E-state index contributed by atoms with van der Waals surface area (Å²) in [6.07, 6.45) is 6.19. The molecular formula is C19H23N3O4. The zero-order chi connectivity index (χ0) is 18.7. The van der Waals surface area contributed by atoms with E-state index < -0.39 is 5.43 Å². The third-order valence-electron chi connectivity index (χ3n) is 4.65. The van der Waals surface area contributed by atoms with Crippen LogP contribution in [0.4, 0.5) is 4.79 Å². The quantitative estimate of drug-likeness (QED) is 0.859. The molecule has 2 heterocycles. The van der Waals surface area contributed by atoms with E-state index in [9.17, 15) is 14.7 Å². The second-order valence-corrected chi connectivity index (χ2v) is 6.54. The first-order valence-corrected chi connectivity index (χ1v) is 8.73. The van der Waals surface area contributed by atoms with Crippen molar-refractivity contribution in [2.75, 3.05) is 6.54 Å². The molecule has 0 saturated heterocycles. The lowest BCUT2D eigenvalue weighted by Crippen LogP contribution is -2.37. The summed E-state index contributed by atoms with van der Waals surface area (Å²) in [5.41, 5.74) is 0.936. The Bertz CT molecular complexity index is 830. The molecule has 0 unspecified atom stereocenters. The average Bonchev–Trinajstić information content (AvgIpc) is 3.47. The van der Waals surface area contributed by atoms with E-state index in [1.54, 1.807) is 35.0 Å². The maximum absolute atomic E-state index is 12.6. The van der Waals surface area contributed by atoms with Crippen molar-refractivity contribution in [3.63, 3.8) is 0 Å². The monoisotopic (exact) mass is 357 g/mol. The molecule has 7 nitrogen and oxygen atoms in total. The molecule has 1 atom stereocenters. The van der Waals surface area contributed by atoms with Crippen LogP contribution in [0.15, 0.2) is 41.6 Å². The smallest absolute Gasteiger partial charge is 0.410 e. The van der Waals surface area contributed by atoms with Crippen molar-refractivity contribution in [3.8, 4) is 5.75 Å². The van der Waals surface area contributed by atoms with Gasteiger partial charge < -0.3 is 19.3 Å². The van der Waals surface area contributed by atoms with Crippen molar-refractivity contribution in [1.29, 1.82) is 0 Å². The fourth-order valence-electron chi connectivity index (χ4n) is 2.83. The Morgan fingerprint density at radius 1 is 1.46 bits per heavy atom. The van der Waals surface area contributed by atoms with Gasteiger partial charge in [-0.2, -0.15) is 0 Å². The van der Waals surface area contributed by atoms with Gasteiger partial charge in [-0.15, -0.1) is 0 Å². The summed E-state index contributed by atoms with van der Waals surface area (Å²) in [5.74, 6) is -0.252. The highest BCUT2D eigenvalue weighted by Gasteiger charge is 2.34. The fraction of sp³-hybridized carbons (Fsp3) is 0.421. The summed E-state index contributed by atoms with van der Waals surface area (Å²) in [4.78, 5) is 29.8. The molecule has 0 aliphatic heterocycles. The molecular weight excluding hydrogens is 334 g/mol. The zero-order valence-electron chi connectivity index (χ0n) is 15.0. The molecule has 1 aliphatic rings. The maximum Gasteiger partial charge on any atom is 0.410 e. The number of amides is 1. The largest absolute Gasteiger partial charge is 0.503 e. The summed E-state index contributed by atoms with van der Waals surface area (Å²) in [5, 5.41) is 9.78. The minimum absolute atomic E-state index is 0.192. The van der Waals surface area contributed by atoms with Crippen LogP contribution in [-0.2, 0) is 11.3 Å². The Morgan fingerprint density at radius 2 is 2.23 bits per heavy atom. The number of ether oxygens (including phenoxy) is 1. The molecule has 7 heteroatoms. The van der Waals surface area contributed by atoms with Gasteiger partial charge in [0.25, 0.3) is 0 Å². The Balaban J connectivity index is 1.65. The number of hydrogen-bond acceptors (Lipinski definition) is 5. The summed E-state index contributed by atoms with van der Waals surface area (Å²) in [6.45, 7) is 4.43. The molecule has 2 aromatic rings. The number of pyridine rings is 2. The minimum atomic E-state index is -0.400. The SMILES string of the molecule is Cc1c(O)c(=O)ccn1CCN(C(=O)O[C@@H](C)c1cccnc1)C1CC1. The number of carbonyl (C=O) groups excluding carboxylic acids is 1. The van der Waals surface area contributed by atoms with E-state index in [1.165, 1.54) is 6.07 Å². The third kappa shape index (κ3) is 4.04. The lowest BCUT2D eigenvalue weighted by atomic mass is 10.2. The van der Waals surface area contributed by atoms with Crippen LogP contribution in [0.2, 0.25) is 0 Å². The number of nitrogens with zero attached hydrogens (tertiary/aromatic N) is 3. The molecule has 138 valence electrons. The first-order chi connectivity index (χ1) is 12.5. The Morgan fingerprint density at radius 3 is 2.88 bits per heavy atom. The zero-order valence-corrected chi connectivity index (χ0v) is 15.0. The van der Waals surface area contributed by atoms with Crippen LogP contribution in [-0.4, -0.2) is 38.2 Å². The minimum Gasteiger partial charge on any atom is -0.503 e. The van der Waals surface area contributed by atoms with Crippen molar-refractivity contribution >= 4 is 6.09 Å². The van der Waals surface area contributed by atoms with E-state index in [-0.39, 0.29) is 24.0 Å². The number of aromatic hydroxyl groups is 1. The van der Waals surface area contributed by atoms with Crippen molar-refractivity contribution in [3.05, 3.63) is 58.3 Å². The first-order valence-electron chi connectivity index (χ1n) is 8.73. The van der Waals surface area contributed by atoms with Gasteiger partial charge in [0, 0.05) is 49.4 Å². The van der Waals surface area contributed by atoms with Gasteiger partial charge in [-0.3, -0.25) is 9.78 Å². The van der Waals surface area contributed by atoms with Crippen molar-refractivity contribution < 1.29 is 14.6 Å². The topological polar surface area (TPSA) is 84.7 Å². The average molecular weight is 357 g/mol. The first kappa shape index (κ1) is 18.0. The summed E-state index contributed by atoms with van der Waals surface area (Å²) in [7, 11) is 0. The molecule has 0 bridgehead atoms. The van der Waals surface area contributed by atoms with Gasteiger partial charge in [-0.1, -0.05) is 6.07 Å². The second-order valence-electron chi connectivity index (χ2n) is 6.54. The van der Waals surface area contributed by atoms with Crippen LogP contribution < -0.4 is 5.43 Å². The van der Waals surface area contributed by atoms with E-state index in [1.807, 2.05) is 19.1 Å². The van der Waals surface area contributed by atoms with E-state index >= 15 is 0 Å². The van der Waals surface area contributed by atoms with Crippen molar-refractivity contribution in [2.24, 2.45) is 0 Å². The Labute approximate surface area is 151 Å². The predicted molar refractivity (Wildman–Crippen MR) is 96.0 cm³/mol. The molecule has 3 rings (SSSR count). The van der Waals surface area contributed by atoms with Gasteiger partial charge in [-0.25, -0.2) is 4.79 Å². The highest BCUT2D eigenvalue weighted by Crippen LogP contribution is 2.29. The molecule has 1 N–H and O–H groups in total. The summed E-state index contributed by atoms with van der Waals surface area (Å²) in [6, 6.07) is 5.20. The van der Waals surface area contributed by atoms with Crippen LogP contribution in [0.5, 0.6) is 5.75 Å². The van der Waals surface area contributed by atoms with Crippen LogP contribution in [0.1, 0.15) is 37.1 Å². The Hall–Kier alpha value is -2.83. The molecule has 1 aliphatic carbocycles. The molecule has 1 saturated carbocycles. The molecule has 26 heavy (non-hydrogen) atoms. The maximum atomic E-state index is 12.6. The molecule has 1 fully saturated rings. The molecule has 0 aromatic carbocycles. The third-order valence-corrected chi connectivity index (χ3v) is 4.65. The van der Waals surface area contributed by atoms with Crippen molar-refractivity contribution in [2.45, 2.75) is 45.4 Å². The second kappa shape index (κ2) is 7.59. The number of carbonyl (C=O) groups is 1. The fourth-order valence-corrected chi connectivity index (χ4v) is 2.83. The molecule has 1 amide bonds.